The summed E-state index contributed by atoms with van der Waals surface area (Å²) >= 11 is 0. The molecule has 1 heterocycles. The van der Waals surface area contributed by atoms with Gasteiger partial charge in [-0.2, -0.15) is 13.8 Å². The lowest BCUT2D eigenvalue weighted by Crippen LogP contribution is -2.10. The van der Waals surface area contributed by atoms with E-state index in [-0.39, 0.29) is 42.8 Å². The molecule has 0 radical (unpaired) electrons. The van der Waals surface area contributed by atoms with Gasteiger partial charge in [-0.1, -0.05) is 22.9 Å². The van der Waals surface area contributed by atoms with Crippen molar-refractivity contribution in [1.82, 2.24) is 10.1 Å². The fourth-order valence-corrected chi connectivity index (χ4v) is 2.53. The molecule has 0 saturated carbocycles. The Labute approximate surface area is 176 Å². The number of carbonyl (C=O) groups is 1. The van der Waals surface area contributed by atoms with Crippen LogP contribution in [0.2, 0.25) is 0 Å². The maximum atomic E-state index is 12.4. The topological polar surface area (TPSA) is 92.9 Å². The van der Waals surface area contributed by atoms with E-state index in [9.17, 15) is 13.6 Å². The number of aromatic nitrogens is 2. The molecule has 1 aromatic heterocycles. The summed E-state index contributed by atoms with van der Waals surface area (Å²) in [6, 6.07) is 11.7. The Hall–Kier alpha value is -3.69. The number of methoxy groups -OCH3 is 1. The fourth-order valence-electron chi connectivity index (χ4n) is 2.53. The van der Waals surface area contributed by atoms with Gasteiger partial charge >= 0.3 is 12.6 Å². The van der Waals surface area contributed by atoms with E-state index in [1.165, 1.54) is 25.3 Å². The lowest BCUT2D eigenvalue weighted by Gasteiger charge is -2.10. The van der Waals surface area contributed by atoms with Crippen molar-refractivity contribution in [3.63, 3.8) is 0 Å². The Morgan fingerprint density at radius 2 is 1.90 bits per heavy atom. The van der Waals surface area contributed by atoms with Crippen molar-refractivity contribution in [2.24, 2.45) is 0 Å². The largest absolute Gasteiger partial charge is 0.493 e. The number of ether oxygens (including phenoxy) is 4. The number of halogens is 2. The predicted molar refractivity (Wildman–Crippen MR) is 104 cm³/mol. The van der Waals surface area contributed by atoms with Crippen LogP contribution >= 0.6 is 0 Å². The monoisotopic (exact) mass is 434 g/mol. The second kappa shape index (κ2) is 10.4. The van der Waals surface area contributed by atoms with Gasteiger partial charge in [0.1, 0.15) is 5.75 Å². The number of alkyl halides is 2. The Morgan fingerprint density at radius 1 is 1.13 bits per heavy atom. The summed E-state index contributed by atoms with van der Waals surface area (Å²) < 4.78 is 49.9. The van der Waals surface area contributed by atoms with Crippen LogP contribution in [0.25, 0.3) is 11.4 Å². The maximum absolute atomic E-state index is 12.4. The molecule has 10 heteroatoms. The van der Waals surface area contributed by atoms with Gasteiger partial charge in [-0.25, -0.2) is 0 Å². The quantitative estimate of drug-likeness (QED) is 0.439. The van der Waals surface area contributed by atoms with E-state index >= 15 is 0 Å². The highest BCUT2D eigenvalue weighted by molar-refractivity contribution is 5.69. The number of hydrogen-bond donors (Lipinski definition) is 0. The number of rotatable bonds is 10. The maximum Gasteiger partial charge on any atom is 0.387 e. The van der Waals surface area contributed by atoms with Gasteiger partial charge in [0.15, 0.2) is 18.1 Å². The first kappa shape index (κ1) is 22.0. The van der Waals surface area contributed by atoms with Crippen LogP contribution in [0.5, 0.6) is 17.2 Å². The number of esters is 1. The number of benzene rings is 2. The van der Waals surface area contributed by atoms with Crippen molar-refractivity contribution in [3.05, 3.63) is 53.9 Å². The van der Waals surface area contributed by atoms with Crippen LogP contribution in [0.15, 0.2) is 47.0 Å². The van der Waals surface area contributed by atoms with E-state index in [0.717, 1.165) is 5.56 Å². The average molecular weight is 434 g/mol. The third-order valence-electron chi connectivity index (χ3n) is 4.06. The van der Waals surface area contributed by atoms with Crippen molar-refractivity contribution in [2.75, 3.05) is 13.7 Å². The van der Waals surface area contributed by atoms with Crippen LogP contribution in [0.3, 0.4) is 0 Å². The second-order valence-electron chi connectivity index (χ2n) is 6.33. The van der Waals surface area contributed by atoms with E-state index < -0.39 is 12.6 Å². The Balaban J connectivity index is 1.50. The Morgan fingerprint density at radius 3 is 2.61 bits per heavy atom. The molecule has 164 valence electrons. The van der Waals surface area contributed by atoms with Gasteiger partial charge in [-0.3, -0.25) is 4.79 Å². The zero-order valence-electron chi connectivity index (χ0n) is 16.8. The molecule has 0 atom stereocenters. The summed E-state index contributed by atoms with van der Waals surface area (Å²) in [5, 5.41) is 3.79. The third kappa shape index (κ3) is 6.39. The van der Waals surface area contributed by atoms with Crippen LogP contribution in [0.1, 0.15) is 17.9 Å². The zero-order valence-corrected chi connectivity index (χ0v) is 16.8. The number of carbonyl (C=O) groups excluding carboxylic acids is 1. The molecular formula is C21H20F2N2O6. The van der Waals surface area contributed by atoms with Gasteiger partial charge < -0.3 is 23.5 Å². The standard InChI is InChI=1S/C21H20F2N2O6/c1-13-3-6-15(7-4-13)28-10-9-19(26)29-12-18-24-20(25-31-18)14-5-8-16(30-21(22)23)17(11-14)27-2/h3-8,11,21H,9-10,12H2,1-2H3. The van der Waals surface area contributed by atoms with Gasteiger partial charge in [0.25, 0.3) is 5.89 Å². The Kier molecular flexibility index (Phi) is 7.36. The summed E-state index contributed by atoms with van der Waals surface area (Å²) in [7, 11) is 1.32. The van der Waals surface area contributed by atoms with Crippen molar-refractivity contribution in [1.29, 1.82) is 0 Å². The van der Waals surface area contributed by atoms with Crippen molar-refractivity contribution >= 4 is 5.97 Å². The molecule has 3 aromatic rings. The highest BCUT2D eigenvalue weighted by atomic mass is 19.3. The minimum absolute atomic E-state index is 0.0532. The molecule has 31 heavy (non-hydrogen) atoms. The first-order valence-corrected chi connectivity index (χ1v) is 9.25. The minimum atomic E-state index is -2.98. The molecule has 0 aliphatic carbocycles. The van der Waals surface area contributed by atoms with E-state index in [2.05, 4.69) is 14.9 Å². The summed E-state index contributed by atoms with van der Waals surface area (Å²) in [5.41, 5.74) is 1.56. The second-order valence-corrected chi connectivity index (χ2v) is 6.33. The lowest BCUT2D eigenvalue weighted by atomic mass is 10.2. The van der Waals surface area contributed by atoms with Crippen molar-refractivity contribution < 1.29 is 37.0 Å². The normalized spacial score (nSPS) is 10.7. The molecule has 0 unspecified atom stereocenters. The SMILES string of the molecule is COc1cc(-c2noc(COC(=O)CCOc3ccc(C)cc3)n2)ccc1OC(F)F. The number of aryl methyl sites for hydroxylation is 1. The lowest BCUT2D eigenvalue weighted by molar-refractivity contribution is -0.146. The van der Waals surface area contributed by atoms with Gasteiger partial charge in [0.2, 0.25) is 5.82 Å². The van der Waals surface area contributed by atoms with Gasteiger partial charge in [0.05, 0.1) is 20.1 Å². The van der Waals surface area contributed by atoms with Crippen LogP contribution in [-0.4, -0.2) is 36.4 Å². The zero-order chi connectivity index (χ0) is 22.2. The van der Waals surface area contributed by atoms with Gasteiger partial charge in [-0.05, 0) is 37.3 Å². The minimum Gasteiger partial charge on any atom is -0.493 e. The molecule has 2 aromatic carbocycles. The molecule has 0 aliphatic rings. The number of hydrogen-bond acceptors (Lipinski definition) is 8. The average Bonchev–Trinajstić information content (AvgIpc) is 3.23. The molecule has 0 aliphatic heterocycles. The van der Waals surface area contributed by atoms with E-state index in [0.29, 0.717) is 11.3 Å². The highest BCUT2D eigenvalue weighted by Crippen LogP contribution is 2.32. The van der Waals surface area contributed by atoms with Crippen LogP contribution in [0, 0.1) is 6.92 Å². The molecule has 0 amide bonds. The van der Waals surface area contributed by atoms with Crippen molar-refractivity contribution in [3.8, 4) is 28.6 Å². The van der Waals surface area contributed by atoms with E-state index in [1.807, 2.05) is 31.2 Å². The van der Waals surface area contributed by atoms with Crippen molar-refractivity contribution in [2.45, 2.75) is 26.6 Å². The molecule has 3 rings (SSSR count). The smallest absolute Gasteiger partial charge is 0.387 e. The molecule has 0 fully saturated rings. The Bertz CT molecular complexity index is 1010. The van der Waals surface area contributed by atoms with Gasteiger partial charge in [0, 0.05) is 5.56 Å². The molecule has 0 bridgehead atoms. The molecule has 8 nitrogen and oxygen atoms in total. The molecule has 0 N–H and O–H groups in total. The number of nitrogens with zero attached hydrogens (tertiary/aromatic N) is 2. The molecule has 0 saturated heterocycles. The van der Waals surface area contributed by atoms with Crippen LogP contribution in [-0.2, 0) is 16.1 Å². The molecular weight excluding hydrogens is 414 g/mol. The van der Waals surface area contributed by atoms with Crippen LogP contribution < -0.4 is 14.2 Å². The first-order chi connectivity index (χ1) is 14.9. The third-order valence-corrected chi connectivity index (χ3v) is 4.06. The highest BCUT2D eigenvalue weighted by Gasteiger charge is 2.15. The summed E-state index contributed by atoms with van der Waals surface area (Å²) in [5.74, 6) is 0.406. The summed E-state index contributed by atoms with van der Waals surface area (Å²) in [6.07, 6.45) is 0.0532. The first-order valence-electron chi connectivity index (χ1n) is 9.25. The van der Waals surface area contributed by atoms with E-state index in [1.54, 1.807) is 0 Å². The van der Waals surface area contributed by atoms with Gasteiger partial charge in [-0.15, -0.1) is 0 Å². The summed E-state index contributed by atoms with van der Waals surface area (Å²) in [6.45, 7) is -1.05. The molecule has 0 spiro atoms. The van der Waals surface area contributed by atoms with Crippen LogP contribution in [0.4, 0.5) is 8.78 Å². The predicted octanol–water partition coefficient (Wildman–Crippen LogP) is 4.17. The van der Waals surface area contributed by atoms with E-state index in [4.69, 9.17) is 18.7 Å². The fraction of sp³-hybridized carbons (Fsp3) is 0.286. The summed E-state index contributed by atoms with van der Waals surface area (Å²) in [4.78, 5) is 16.0.